The van der Waals surface area contributed by atoms with Crippen LogP contribution in [0.2, 0.25) is 5.02 Å². The Bertz CT molecular complexity index is 784. The molecule has 1 aromatic heterocycles. The van der Waals surface area contributed by atoms with Gasteiger partial charge in [-0.05, 0) is 38.1 Å². The summed E-state index contributed by atoms with van der Waals surface area (Å²) in [6, 6.07) is 7.32. The van der Waals surface area contributed by atoms with Crippen LogP contribution in [0.5, 0.6) is 0 Å². The first-order valence-corrected chi connectivity index (χ1v) is 8.36. The summed E-state index contributed by atoms with van der Waals surface area (Å²) in [5.41, 5.74) is 3.39. The maximum atomic E-state index is 12.4. The van der Waals surface area contributed by atoms with Gasteiger partial charge in [0, 0.05) is 29.9 Å². The second kappa shape index (κ2) is 7.70. The lowest BCUT2D eigenvalue weighted by Gasteiger charge is -2.19. The van der Waals surface area contributed by atoms with Gasteiger partial charge in [0.25, 0.3) is 0 Å². The molecule has 0 bridgehead atoms. The van der Waals surface area contributed by atoms with Crippen molar-refractivity contribution in [2.75, 3.05) is 13.6 Å². The number of amides is 1. The van der Waals surface area contributed by atoms with Gasteiger partial charge in [-0.2, -0.15) is 5.10 Å². The van der Waals surface area contributed by atoms with Gasteiger partial charge < -0.3 is 10.0 Å². The maximum absolute atomic E-state index is 12.4. The van der Waals surface area contributed by atoms with Crippen molar-refractivity contribution in [2.45, 2.75) is 27.2 Å². The van der Waals surface area contributed by atoms with Crippen LogP contribution in [0.4, 0.5) is 0 Å². The zero-order chi connectivity index (χ0) is 18.7. The molecule has 0 aliphatic rings. The summed E-state index contributed by atoms with van der Waals surface area (Å²) < 4.78 is 1.79. The molecule has 1 unspecified atom stereocenters. The normalized spacial score (nSPS) is 12.0. The average Bonchev–Trinajstić information content (AvgIpc) is 2.83. The Labute approximate surface area is 152 Å². The minimum absolute atomic E-state index is 0.130. The predicted molar refractivity (Wildman–Crippen MR) is 96.2 cm³/mol. The van der Waals surface area contributed by atoms with E-state index in [4.69, 9.17) is 16.7 Å². The number of aliphatic carboxylic acids is 1. The molecule has 0 saturated heterocycles. The van der Waals surface area contributed by atoms with Crippen molar-refractivity contribution in [3.05, 3.63) is 46.2 Å². The molecule has 1 N–H and O–H groups in total. The Morgan fingerprint density at radius 1 is 1.28 bits per heavy atom. The SMILES string of the molecule is Cc1nn(-c2ccc(Cl)cc2)c(C)c1CC(=O)N(C)CC(C)C(=O)O. The first-order chi connectivity index (χ1) is 11.7. The summed E-state index contributed by atoms with van der Waals surface area (Å²) in [6.45, 7) is 5.54. The molecule has 2 rings (SSSR count). The summed E-state index contributed by atoms with van der Waals surface area (Å²) in [7, 11) is 1.62. The largest absolute Gasteiger partial charge is 0.481 e. The van der Waals surface area contributed by atoms with Crippen LogP contribution in [0.3, 0.4) is 0 Å². The van der Waals surface area contributed by atoms with Crippen LogP contribution in [0, 0.1) is 19.8 Å². The third-order valence-electron chi connectivity index (χ3n) is 4.24. The highest BCUT2D eigenvalue weighted by Crippen LogP contribution is 2.20. The van der Waals surface area contributed by atoms with Gasteiger partial charge in [0.05, 0.1) is 23.7 Å². The molecule has 1 atom stereocenters. The van der Waals surface area contributed by atoms with E-state index in [-0.39, 0.29) is 18.9 Å². The molecule has 1 amide bonds. The zero-order valence-electron chi connectivity index (χ0n) is 14.8. The number of hydrogen-bond donors (Lipinski definition) is 1. The Kier molecular flexibility index (Phi) is 5.85. The molecule has 1 aromatic carbocycles. The van der Waals surface area contributed by atoms with E-state index in [0.29, 0.717) is 5.02 Å². The lowest BCUT2D eigenvalue weighted by atomic mass is 10.1. The van der Waals surface area contributed by atoms with E-state index in [1.54, 1.807) is 30.8 Å². The molecule has 25 heavy (non-hydrogen) atoms. The molecule has 0 aliphatic heterocycles. The third-order valence-corrected chi connectivity index (χ3v) is 4.49. The van der Waals surface area contributed by atoms with E-state index >= 15 is 0 Å². The van der Waals surface area contributed by atoms with Gasteiger partial charge in [-0.15, -0.1) is 0 Å². The summed E-state index contributed by atoms with van der Waals surface area (Å²) in [6.07, 6.45) is 0.189. The molecule has 0 radical (unpaired) electrons. The fourth-order valence-corrected chi connectivity index (χ4v) is 2.77. The summed E-state index contributed by atoms with van der Waals surface area (Å²) in [4.78, 5) is 24.8. The number of carboxylic acids is 1. The Balaban J connectivity index is 2.19. The minimum Gasteiger partial charge on any atom is -0.481 e. The maximum Gasteiger partial charge on any atom is 0.308 e. The lowest BCUT2D eigenvalue weighted by Crippen LogP contribution is -2.34. The van der Waals surface area contributed by atoms with Crippen LogP contribution < -0.4 is 0 Å². The molecule has 0 aliphatic carbocycles. The fourth-order valence-electron chi connectivity index (χ4n) is 2.64. The Hall–Kier alpha value is -2.34. The number of hydrogen-bond acceptors (Lipinski definition) is 3. The molecule has 0 spiro atoms. The van der Waals surface area contributed by atoms with Crippen LogP contribution in [0.15, 0.2) is 24.3 Å². The van der Waals surface area contributed by atoms with Crippen molar-refractivity contribution in [3.8, 4) is 5.69 Å². The van der Waals surface area contributed by atoms with E-state index in [2.05, 4.69) is 5.10 Å². The van der Waals surface area contributed by atoms with Gasteiger partial charge >= 0.3 is 5.97 Å². The van der Waals surface area contributed by atoms with E-state index < -0.39 is 11.9 Å². The number of aryl methyl sites for hydroxylation is 1. The van der Waals surface area contributed by atoms with Crippen LogP contribution in [0.1, 0.15) is 23.9 Å². The lowest BCUT2D eigenvalue weighted by molar-refractivity contribution is -0.142. The van der Waals surface area contributed by atoms with Crippen molar-refractivity contribution in [2.24, 2.45) is 5.92 Å². The number of benzene rings is 1. The van der Waals surface area contributed by atoms with Gasteiger partial charge in [0.2, 0.25) is 5.91 Å². The van der Waals surface area contributed by atoms with Gasteiger partial charge in [0.15, 0.2) is 0 Å². The standard InChI is InChI=1S/C18H22ClN3O3/c1-11(18(24)25)10-21(4)17(23)9-16-12(2)20-22(13(16)3)15-7-5-14(19)6-8-15/h5-8,11H,9-10H2,1-4H3,(H,24,25). The second-order valence-corrected chi connectivity index (χ2v) is 6.66. The van der Waals surface area contributed by atoms with Gasteiger partial charge in [-0.25, -0.2) is 4.68 Å². The van der Waals surface area contributed by atoms with Crippen molar-refractivity contribution in [1.29, 1.82) is 0 Å². The molecule has 1 heterocycles. The van der Waals surface area contributed by atoms with Crippen LogP contribution >= 0.6 is 11.6 Å². The molecular formula is C18H22ClN3O3. The minimum atomic E-state index is -0.914. The van der Waals surface area contributed by atoms with Crippen molar-refractivity contribution < 1.29 is 14.7 Å². The van der Waals surface area contributed by atoms with Crippen LogP contribution in [-0.2, 0) is 16.0 Å². The van der Waals surface area contributed by atoms with E-state index in [0.717, 1.165) is 22.6 Å². The molecule has 0 fully saturated rings. The first-order valence-electron chi connectivity index (χ1n) is 7.98. The van der Waals surface area contributed by atoms with Crippen molar-refractivity contribution in [3.63, 3.8) is 0 Å². The number of carbonyl (C=O) groups is 2. The molecule has 0 saturated carbocycles. The van der Waals surface area contributed by atoms with Gasteiger partial charge in [-0.3, -0.25) is 9.59 Å². The summed E-state index contributed by atoms with van der Waals surface area (Å²) >= 11 is 5.92. The highest BCUT2D eigenvalue weighted by Gasteiger charge is 2.21. The molecule has 2 aromatic rings. The Morgan fingerprint density at radius 2 is 1.88 bits per heavy atom. The number of aromatic nitrogens is 2. The van der Waals surface area contributed by atoms with Gasteiger partial charge in [0.1, 0.15) is 0 Å². The monoisotopic (exact) mass is 363 g/mol. The summed E-state index contributed by atoms with van der Waals surface area (Å²) in [5.74, 6) is -1.65. The number of likely N-dealkylation sites (N-methyl/N-ethyl adjacent to an activating group) is 1. The van der Waals surface area contributed by atoms with Crippen LogP contribution in [-0.4, -0.2) is 45.3 Å². The highest BCUT2D eigenvalue weighted by molar-refractivity contribution is 6.30. The Morgan fingerprint density at radius 3 is 2.44 bits per heavy atom. The summed E-state index contributed by atoms with van der Waals surface area (Å²) in [5, 5.41) is 14.1. The quantitative estimate of drug-likeness (QED) is 0.856. The van der Waals surface area contributed by atoms with E-state index in [1.807, 2.05) is 26.0 Å². The smallest absolute Gasteiger partial charge is 0.308 e. The average molecular weight is 364 g/mol. The van der Waals surface area contributed by atoms with Crippen LogP contribution in [0.25, 0.3) is 5.69 Å². The van der Waals surface area contributed by atoms with Crippen molar-refractivity contribution >= 4 is 23.5 Å². The van der Waals surface area contributed by atoms with E-state index in [1.165, 1.54) is 4.90 Å². The number of carboxylic acid groups (broad SMARTS) is 1. The van der Waals surface area contributed by atoms with Gasteiger partial charge in [-0.1, -0.05) is 18.5 Å². The number of nitrogens with zero attached hydrogens (tertiary/aromatic N) is 3. The third kappa shape index (κ3) is 4.39. The molecule has 134 valence electrons. The second-order valence-electron chi connectivity index (χ2n) is 6.23. The molecule has 6 nitrogen and oxygen atoms in total. The molecular weight excluding hydrogens is 342 g/mol. The van der Waals surface area contributed by atoms with E-state index in [9.17, 15) is 9.59 Å². The zero-order valence-corrected chi connectivity index (χ0v) is 15.5. The molecule has 7 heteroatoms. The number of rotatable bonds is 6. The number of carbonyl (C=O) groups excluding carboxylic acids is 1. The number of halogens is 1. The predicted octanol–water partition coefficient (Wildman–Crippen LogP) is 2.86. The van der Waals surface area contributed by atoms with Crippen molar-refractivity contribution in [1.82, 2.24) is 14.7 Å². The first kappa shape index (κ1) is 19.0. The highest BCUT2D eigenvalue weighted by atomic mass is 35.5. The topological polar surface area (TPSA) is 75.4 Å². The fraction of sp³-hybridized carbons (Fsp3) is 0.389.